The van der Waals surface area contributed by atoms with Crippen molar-refractivity contribution in [3.63, 3.8) is 0 Å². The third-order valence-electron chi connectivity index (χ3n) is 5.59. The largest absolute Gasteiger partial charge is 0.467 e. The van der Waals surface area contributed by atoms with Gasteiger partial charge in [-0.25, -0.2) is 4.79 Å². The minimum Gasteiger partial charge on any atom is -0.467 e. The minimum absolute atomic E-state index is 0.0244. The molecule has 146 valence electrons. The van der Waals surface area contributed by atoms with Crippen LogP contribution in [0.4, 0.5) is 4.79 Å². The molecule has 1 saturated carbocycles. The standard InChI is InChI=1S/C21H23N3O4/c1-13-10-15(14(2)24(13)16-6-3-4-7-16)11-18-19(25)22-21(27)23(20(18)26)12-17-8-5-9-28-17/h5,8-11,16H,3-4,6-7,12H2,1-2H3,(H,22,25,27)/b18-11-. The predicted octanol–water partition coefficient (Wildman–Crippen LogP) is 3.48. The number of hydrogen-bond acceptors (Lipinski definition) is 4. The second kappa shape index (κ2) is 7.14. The molecule has 1 N–H and O–H groups in total. The number of furan rings is 1. The number of barbiturate groups is 1. The van der Waals surface area contributed by atoms with Crippen molar-refractivity contribution in [3.05, 3.63) is 52.7 Å². The van der Waals surface area contributed by atoms with Gasteiger partial charge in [0.15, 0.2) is 0 Å². The predicted molar refractivity (Wildman–Crippen MR) is 102 cm³/mol. The first-order chi connectivity index (χ1) is 13.5. The Hall–Kier alpha value is -3.09. The van der Waals surface area contributed by atoms with Crippen molar-refractivity contribution >= 4 is 23.9 Å². The zero-order valence-corrected chi connectivity index (χ0v) is 16.0. The molecule has 1 aliphatic carbocycles. The summed E-state index contributed by atoms with van der Waals surface area (Å²) in [6, 6.07) is 5.09. The maximum Gasteiger partial charge on any atom is 0.331 e. The van der Waals surface area contributed by atoms with Gasteiger partial charge in [-0.2, -0.15) is 0 Å². The molecule has 0 atom stereocenters. The lowest BCUT2D eigenvalue weighted by atomic mass is 10.1. The van der Waals surface area contributed by atoms with Crippen LogP contribution in [0.25, 0.3) is 6.08 Å². The van der Waals surface area contributed by atoms with Gasteiger partial charge >= 0.3 is 6.03 Å². The van der Waals surface area contributed by atoms with Crippen molar-refractivity contribution in [2.24, 2.45) is 0 Å². The fourth-order valence-electron chi connectivity index (χ4n) is 4.22. The molecule has 3 heterocycles. The summed E-state index contributed by atoms with van der Waals surface area (Å²) < 4.78 is 7.53. The van der Waals surface area contributed by atoms with Crippen LogP contribution >= 0.6 is 0 Å². The highest BCUT2D eigenvalue weighted by Gasteiger charge is 2.36. The Morgan fingerprint density at radius 3 is 2.64 bits per heavy atom. The van der Waals surface area contributed by atoms with E-state index in [9.17, 15) is 14.4 Å². The number of aromatic nitrogens is 1. The molecule has 2 aromatic rings. The second-order valence-electron chi connectivity index (χ2n) is 7.42. The third kappa shape index (κ3) is 3.17. The molecule has 0 unspecified atom stereocenters. The summed E-state index contributed by atoms with van der Waals surface area (Å²) in [6.45, 7) is 4.03. The van der Waals surface area contributed by atoms with Crippen LogP contribution in [0, 0.1) is 13.8 Å². The summed E-state index contributed by atoms with van der Waals surface area (Å²) >= 11 is 0. The average molecular weight is 381 g/mol. The Morgan fingerprint density at radius 2 is 1.96 bits per heavy atom. The van der Waals surface area contributed by atoms with E-state index in [1.54, 1.807) is 18.2 Å². The van der Waals surface area contributed by atoms with Crippen LogP contribution in [-0.2, 0) is 16.1 Å². The van der Waals surface area contributed by atoms with E-state index in [0.717, 1.165) is 34.7 Å². The van der Waals surface area contributed by atoms with Gasteiger partial charge in [-0.1, -0.05) is 12.8 Å². The highest BCUT2D eigenvalue weighted by Crippen LogP contribution is 2.34. The third-order valence-corrected chi connectivity index (χ3v) is 5.59. The minimum atomic E-state index is -0.736. The van der Waals surface area contributed by atoms with Crippen molar-refractivity contribution in [2.45, 2.75) is 52.1 Å². The Morgan fingerprint density at radius 1 is 1.21 bits per heavy atom. The van der Waals surface area contributed by atoms with E-state index >= 15 is 0 Å². The van der Waals surface area contributed by atoms with Crippen molar-refractivity contribution in [3.8, 4) is 0 Å². The summed E-state index contributed by atoms with van der Waals surface area (Å²) in [7, 11) is 0. The monoisotopic (exact) mass is 381 g/mol. The van der Waals surface area contributed by atoms with E-state index in [2.05, 4.69) is 9.88 Å². The molecule has 4 amide bonds. The summed E-state index contributed by atoms with van der Waals surface area (Å²) in [4.78, 5) is 38.3. The molecule has 0 radical (unpaired) electrons. The number of hydrogen-bond donors (Lipinski definition) is 1. The Bertz CT molecular complexity index is 962. The summed E-state index contributed by atoms with van der Waals surface area (Å²) in [6.07, 6.45) is 7.81. The van der Waals surface area contributed by atoms with Crippen molar-refractivity contribution < 1.29 is 18.8 Å². The maximum absolute atomic E-state index is 12.9. The van der Waals surface area contributed by atoms with Crippen molar-refractivity contribution in [1.82, 2.24) is 14.8 Å². The van der Waals surface area contributed by atoms with Crippen LogP contribution in [0.5, 0.6) is 0 Å². The van der Waals surface area contributed by atoms with Gasteiger partial charge in [0.25, 0.3) is 11.8 Å². The first-order valence-corrected chi connectivity index (χ1v) is 9.55. The molecule has 4 rings (SSSR count). The van der Waals surface area contributed by atoms with Gasteiger partial charge in [0.1, 0.15) is 11.3 Å². The lowest BCUT2D eigenvalue weighted by Gasteiger charge is -2.25. The lowest BCUT2D eigenvalue weighted by molar-refractivity contribution is -0.130. The Balaban J connectivity index is 1.66. The van der Waals surface area contributed by atoms with Gasteiger partial charge in [-0.15, -0.1) is 0 Å². The van der Waals surface area contributed by atoms with E-state index in [0.29, 0.717) is 11.8 Å². The fourth-order valence-corrected chi connectivity index (χ4v) is 4.22. The van der Waals surface area contributed by atoms with E-state index in [1.807, 2.05) is 19.9 Å². The number of nitrogens with zero attached hydrogens (tertiary/aromatic N) is 2. The van der Waals surface area contributed by atoms with Crippen LogP contribution in [-0.4, -0.2) is 27.3 Å². The topological polar surface area (TPSA) is 84.6 Å². The molecule has 0 bridgehead atoms. The van der Waals surface area contributed by atoms with Gasteiger partial charge in [-0.05, 0) is 56.5 Å². The molecule has 1 aliphatic heterocycles. The summed E-state index contributed by atoms with van der Waals surface area (Å²) in [5.74, 6) is -0.816. The highest BCUT2D eigenvalue weighted by molar-refractivity contribution is 6.31. The van der Waals surface area contributed by atoms with Gasteiger partial charge in [0.2, 0.25) is 0 Å². The van der Waals surface area contributed by atoms with E-state index < -0.39 is 17.8 Å². The summed E-state index contributed by atoms with van der Waals surface area (Å²) in [5, 5.41) is 2.25. The van der Waals surface area contributed by atoms with Crippen LogP contribution < -0.4 is 5.32 Å². The van der Waals surface area contributed by atoms with Gasteiger partial charge in [-0.3, -0.25) is 19.8 Å². The van der Waals surface area contributed by atoms with Crippen LogP contribution in [0.3, 0.4) is 0 Å². The SMILES string of the molecule is Cc1cc(/C=C2/C(=O)NC(=O)N(Cc3ccco3)C2=O)c(C)n1C1CCCC1. The molecule has 2 aliphatic rings. The van der Waals surface area contributed by atoms with Gasteiger partial charge in [0, 0.05) is 17.4 Å². The number of rotatable bonds is 4. The molecule has 1 saturated heterocycles. The number of aryl methyl sites for hydroxylation is 1. The molecule has 2 aromatic heterocycles. The lowest BCUT2D eigenvalue weighted by Crippen LogP contribution is -2.53. The maximum atomic E-state index is 12.9. The number of amides is 4. The molecule has 7 nitrogen and oxygen atoms in total. The van der Waals surface area contributed by atoms with Crippen LogP contribution in [0.2, 0.25) is 0 Å². The van der Waals surface area contributed by atoms with Crippen LogP contribution in [0.1, 0.15) is 54.4 Å². The van der Waals surface area contributed by atoms with Gasteiger partial charge < -0.3 is 8.98 Å². The highest BCUT2D eigenvalue weighted by atomic mass is 16.3. The quantitative estimate of drug-likeness (QED) is 0.649. The molecule has 2 fully saturated rings. The molecular formula is C21H23N3O4. The molecule has 7 heteroatoms. The number of carbonyl (C=O) groups is 3. The fraction of sp³-hybridized carbons (Fsp3) is 0.381. The van der Waals surface area contributed by atoms with Crippen LogP contribution in [0.15, 0.2) is 34.5 Å². The van der Waals surface area contributed by atoms with Crippen molar-refractivity contribution in [1.29, 1.82) is 0 Å². The zero-order valence-electron chi connectivity index (χ0n) is 16.0. The number of nitrogens with one attached hydrogen (secondary N) is 1. The first-order valence-electron chi connectivity index (χ1n) is 9.55. The van der Waals surface area contributed by atoms with E-state index in [1.165, 1.54) is 19.1 Å². The smallest absolute Gasteiger partial charge is 0.331 e. The van der Waals surface area contributed by atoms with Gasteiger partial charge in [0.05, 0.1) is 12.8 Å². The van der Waals surface area contributed by atoms with Crippen molar-refractivity contribution in [2.75, 3.05) is 0 Å². The molecule has 28 heavy (non-hydrogen) atoms. The van der Waals surface area contributed by atoms with E-state index in [-0.39, 0.29) is 12.1 Å². The number of imide groups is 2. The number of carbonyl (C=O) groups excluding carboxylic acids is 3. The Kier molecular flexibility index (Phi) is 4.66. The zero-order chi connectivity index (χ0) is 19.8. The Labute approximate surface area is 163 Å². The first kappa shape index (κ1) is 18.3. The molecule has 0 aromatic carbocycles. The average Bonchev–Trinajstić information content (AvgIpc) is 3.38. The molecule has 0 spiro atoms. The molecular weight excluding hydrogens is 358 g/mol. The number of urea groups is 1. The second-order valence-corrected chi connectivity index (χ2v) is 7.42. The van der Waals surface area contributed by atoms with E-state index in [4.69, 9.17) is 4.42 Å². The normalized spacial score (nSPS) is 19.7. The summed E-state index contributed by atoms with van der Waals surface area (Å²) in [5.41, 5.74) is 2.93.